The SMILES string of the molecule is CC(N)CCNC(=O)c1ccc(S(=O)(=O)N(C)C(C)C)cc1. The first-order valence-corrected chi connectivity index (χ1v) is 8.72. The minimum Gasteiger partial charge on any atom is -0.352 e. The summed E-state index contributed by atoms with van der Waals surface area (Å²) in [4.78, 5) is 12.1. The Kier molecular flexibility index (Phi) is 6.52. The molecule has 0 aliphatic heterocycles. The number of benzene rings is 1. The van der Waals surface area contributed by atoms with Gasteiger partial charge in [-0.1, -0.05) is 0 Å². The van der Waals surface area contributed by atoms with Gasteiger partial charge in [-0.15, -0.1) is 0 Å². The molecule has 0 saturated heterocycles. The van der Waals surface area contributed by atoms with E-state index in [9.17, 15) is 13.2 Å². The molecule has 0 fully saturated rings. The fourth-order valence-corrected chi connectivity index (χ4v) is 3.11. The van der Waals surface area contributed by atoms with Gasteiger partial charge in [0.2, 0.25) is 10.0 Å². The molecule has 1 rings (SSSR count). The Morgan fingerprint density at radius 2 is 1.77 bits per heavy atom. The van der Waals surface area contributed by atoms with Crippen molar-refractivity contribution in [3.8, 4) is 0 Å². The minimum atomic E-state index is -3.52. The van der Waals surface area contributed by atoms with Gasteiger partial charge >= 0.3 is 0 Å². The third kappa shape index (κ3) is 4.79. The molecule has 3 N–H and O–H groups in total. The van der Waals surface area contributed by atoms with Gasteiger partial charge in [-0.25, -0.2) is 8.42 Å². The molecule has 1 aromatic rings. The van der Waals surface area contributed by atoms with Gasteiger partial charge < -0.3 is 11.1 Å². The molecule has 1 unspecified atom stereocenters. The van der Waals surface area contributed by atoms with Gasteiger partial charge in [0.1, 0.15) is 0 Å². The summed E-state index contributed by atoms with van der Waals surface area (Å²) in [5, 5.41) is 2.75. The molecular weight excluding hydrogens is 302 g/mol. The molecule has 0 spiro atoms. The lowest BCUT2D eigenvalue weighted by Gasteiger charge is -2.21. The number of nitrogens with two attached hydrogens (primary N) is 1. The van der Waals surface area contributed by atoms with Gasteiger partial charge in [-0.05, 0) is 51.5 Å². The zero-order valence-electron chi connectivity index (χ0n) is 13.5. The molecule has 0 aromatic heterocycles. The topological polar surface area (TPSA) is 92.5 Å². The summed E-state index contributed by atoms with van der Waals surface area (Å²) in [6, 6.07) is 5.83. The molecule has 0 aliphatic rings. The number of rotatable bonds is 7. The highest BCUT2D eigenvalue weighted by Crippen LogP contribution is 2.17. The zero-order chi connectivity index (χ0) is 16.9. The maximum absolute atomic E-state index is 12.3. The van der Waals surface area contributed by atoms with E-state index in [1.807, 2.05) is 6.92 Å². The maximum atomic E-state index is 12.3. The van der Waals surface area contributed by atoms with Crippen molar-refractivity contribution >= 4 is 15.9 Å². The lowest BCUT2D eigenvalue weighted by molar-refractivity contribution is 0.0952. The van der Waals surface area contributed by atoms with Crippen LogP contribution in [0.1, 0.15) is 37.6 Å². The van der Waals surface area contributed by atoms with E-state index in [1.165, 1.54) is 35.6 Å². The summed E-state index contributed by atoms with van der Waals surface area (Å²) >= 11 is 0. The molecule has 1 atom stereocenters. The lowest BCUT2D eigenvalue weighted by atomic mass is 10.2. The van der Waals surface area contributed by atoms with E-state index in [0.717, 1.165) is 0 Å². The number of nitrogens with one attached hydrogen (secondary N) is 1. The number of amides is 1. The number of nitrogens with zero attached hydrogens (tertiary/aromatic N) is 1. The van der Waals surface area contributed by atoms with Crippen LogP contribution >= 0.6 is 0 Å². The van der Waals surface area contributed by atoms with Crippen LogP contribution in [0.2, 0.25) is 0 Å². The van der Waals surface area contributed by atoms with Crippen molar-refractivity contribution in [1.82, 2.24) is 9.62 Å². The summed E-state index contributed by atoms with van der Waals surface area (Å²) in [5.41, 5.74) is 6.04. The van der Waals surface area contributed by atoms with Crippen molar-refractivity contribution in [2.75, 3.05) is 13.6 Å². The van der Waals surface area contributed by atoms with Crippen molar-refractivity contribution in [2.24, 2.45) is 5.73 Å². The molecule has 0 bridgehead atoms. The Morgan fingerprint density at radius 1 is 1.23 bits per heavy atom. The first-order chi connectivity index (χ1) is 10.2. The van der Waals surface area contributed by atoms with Crippen LogP contribution in [0.4, 0.5) is 0 Å². The molecule has 0 aliphatic carbocycles. The Morgan fingerprint density at radius 3 is 2.23 bits per heavy atom. The second-order valence-electron chi connectivity index (χ2n) is 5.66. The van der Waals surface area contributed by atoms with E-state index in [4.69, 9.17) is 5.73 Å². The Labute approximate surface area is 132 Å². The highest BCUT2D eigenvalue weighted by Gasteiger charge is 2.23. The van der Waals surface area contributed by atoms with Crippen LogP contribution in [0.3, 0.4) is 0 Å². The van der Waals surface area contributed by atoms with Crippen LogP contribution < -0.4 is 11.1 Å². The largest absolute Gasteiger partial charge is 0.352 e. The van der Waals surface area contributed by atoms with Crippen LogP contribution in [0.15, 0.2) is 29.2 Å². The highest BCUT2D eigenvalue weighted by molar-refractivity contribution is 7.89. The summed E-state index contributed by atoms with van der Waals surface area (Å²) in [6.07, 6.45) is 0.692. The quantitative estimate of drug-likeness (QED) is 0.786. The van der Waals surface area contributed by atoms with Gasteiger partial charge in [-0.3, -0.25) is 4.79 Å². The van der Waals surface area contributed by atoms with Crippen molar-refractivity contribution in [3.63, 3.8) is 0 Å². The molecule has 0 heterocycles. The molecule has 7 heteroatoms. The second-order valence-corrected chi connectivity index (χ2v) is 7.66. The van der Waals surface area contributed by atoms with E-state index in [-0.39, 0.29) is 22.9 Å². The predicted molar refractivity (Wildman–Crippen MR) is 87.1 cm³/mol. The predicted octanol–water partition coefficient (Wildman–Crippen LogP) is 1.18. The van der Waals surface area contributed by atoms with Crippen LogP contribution in [0.5, 0.6) is 0 Å². The van der Waals surface area contributed by atoms with Crippen LogP contribution in [0, 0.1) is 0 Å². The van der Waals surface area contributed by atoms with E-state index < -0.39 is 10.0 Å². The van der Waals surface area contributed by atoms with E-state index >= 15 is 0 Å². The molecule has 0 saturated carbocycles. The van der Waals surface area contributed by atoms with Crippen molar-refractivity contribution < 1.29 is 13.2 Å². The molecule has 0 radical (unpaired) electrons. The normalized spacial score (nSPS) is 13.4. The number of carbonyl (C=O) groups is 1. The molecule has 22 heavy (non-hydrogen) atoms. The second kappa shape index (κ2) is 7.71. The molecule has 124 valence electrons. The average Bonchev–Trinajstić information content (AvgIpc) is 2.45. The number of hydrogen-bond acceptors (Lipinski definition) is 4. The first kappa shape index (κ1) is 18.6. The smallest absolute Gasteiger partial charge is 0.251 e. The molecule has 6 nitrogen and oxygen atoms in total. The van der Waals surface area contributed by atoms with Crippen molar-refractivity contribution in [2.45, 2.75) is 44.2 Å². The Bertz CT molecular complexity index is 595. The Balaban J connectivity index is 2.80. The fourth-order valence-electron chi connectivity index (χ4n) is 1.74. The maximum Gasteiger partial charge on any atom is 0.251 e. The number of hydrogen-bond donors (Lipinski definition) is 2. The van der Waals surface area contributed by atoms with Crippen LogP contribution in [-0.2, 0) is 10.0 Å². The minimum absolute atomic E-state index is 0.0272. The van der Waals surface area contributed by atoms with Gasteiger partial charge in [0, 0.05) is 31.2 Å². The standard InChI is InChI=1S/C15H25N3O3S/c1-11(2)18(4)22(20,21)14-7-5-13(6-8-14)15(19)17-10-9-12(3)16/h5-8,11-12H,9-10,16H2,1-4H3,(H,17,19). The Hall–Kier alpha value is -1.44. The van der Waals surface area contributed by atoms with E-state index in [2.05, 4.69) is 5.32 Å². The van der Waals surface area contributed by atoms with Gasteiger partial charge in [0.05, 0.1) is 4.90 Å². The van der Waals surface area contributed by atoms with Crippen molar-refractivity contribution in [3.05, 3.63) is 29.8 Å². The van der Waals surface area contributed by atoms with Gasteiger partial charge in [0.15, 0.2) is 0 Å². The monoisotopic (exact) mass is 327 g/mol. The van der Waals surface area contributed by atoms with Gasteiger partial charge in [0.25, 0.3) is 5.91 Å². The fraction of sp³-hybridized carbons (Fsp3) is 0.533. The summed E-state index contributed by atoms with van der Waals surface area (Å²) < 4.78 is 25.9. The number of carbonyl (C=O) groups excluding carboxylic acids is 1. The summed E-state index contributed by atoms with van der Waals surface area (Å²) in [6.45, 7) is 5.97. The number of sulfonamides is 1. The van der Waals surface area contributed by atoms with E-state index in [1.54, 1.807) is 13.8 Å². The van der Waals surface area contributed by atoms with Gasteiger partial charge in [-0.2, -0.15) is 4.31 Å². The zero-order valence-corrected chi connectivity index (χ0v) is 14.4. The van der Waals surface area contributed by atoms with E-state index in [0.29, 0.717) is 18.5 Å². The average molecular weight is 327 g/mol. The first-order valence-electron chi connectivity index (χ1n) is 7.28. The third-order valence-corrected chi connectivity index (χ3v) is 5.45. The summed E-state index contributed by atoms with van der Waals surface area (Å²) in [5.74, 6) is -0.234. The van der Waals surface area contributed by atoms with Crippen LogP contribution in [0.25, 0.3) is 0 Å². The van der Waals surface area contributed by atoms with Crippen LogP contribution in [-0.4, -0.2) is 44.3 Å². The van der Waals surface area contributed by atoms with Crippen molar-refractivity contribution in [1.29, 1.82) is 0 Å². The lowest BCUT2D eigenvalue weighted by Crippen LogP contribution is -2.33. The highest BCUT2D eigenvalue weighted by atomic mass is 32.2. The summed E-state index contributed by atoms with van der Waals surface area (Å²) in [7, 11) is -1.99. The third-order valence-electron chi connectivity index (χ3n) is 3.41. The molecule has 1 aromatic carbocycles. The molecule has 1 amide bonds. The molecular formula is C15H25N3O3S.